The van der Waals surface area contributed by atoms with E-state index in [4.69, 9.17) is 0 Å². The summed E-state index contributed by atoms with van der Waals surface area (Å²) in [6.45, 7) is 8.58. The predicted octanol–water partition coefficient (Wildman–Crippen LogP) is 0.522. The quantitative estimate of drug-likeness (QED) is 0.773. The third kappa shape index (κ3) is 4.29. The van der Waals surface area contributed by atoms with Gasteiger partial charge < -0.3 is 15.3 Å². The number of hydrogen-bond donors (Lipinski definition) is 2. The van der Waals surface area contributed by atoms with Crippen molar-refractivity contribution in [2.45, 2.75) is 46.1 Å². The van der Waals surface area contributed by atoms with Gasteiger partial charge in [0.1, 0.15) is 0 Å². The summed E-state index contributed by atoms with van der Waals surface area (Å²) >= 11 is 0. The Morgan fingerprint density at radius 2 is 2.00 bits per heavy atom. The van der Waals surface area contributed by atoms with Crippen LogP contribution in [0.2, 0.25) is 0 Å². The van der Waals surface area contributed by atoms with E-state index in [2.05, 4.69) is 5.32 Å². The topological polar surface area (TPSA) is 69.6 Å². The number of rotatable bonds is 3. The lowest BCUT2D eigenvalue weighted by Gasteiger charge is -2.20. The number of aliphatic hydroxyl groups is 1. The highest BCUT2D eigenvalue weighted by Gasteiger charge is 2.33. The molecule has 5 nitrogen and oxygen atoms in total. The Balaban J connectivity index is 2.29. The maximum atomic E-state index is 11.8. The van der Waals surface area contributed by atoms with E-state index in [1.165, 1.54) is 0 Å². The van der Waals surface area contributed by atoms with Gasteiger partial charge in [0.2, 0.25) is 11.8 Å². The molecule has 1 atom stereocenters. The smallest absolute Gasteiger partial charge is 0.225 e. The third-order valence-corrected chi connectivity index (χ3v) is 3.11. The molecule has 1 fully saturated rings. The molecule has 2 N–H and O–H groups in total. The Kier molecular flexibility index (Phi) is 4.37. The first kappa shape index (κ1) is 15.0. The molecule has 0 spiro atoms. The molecule has 2 amide bonds. The molecule has 1 saturated heterocycles. The van der Waals surface area contributed by atoms with Crippen molar-refractivity contribution in [3.05, 3.63) is 0 Å². The Labute approximate surface area is 109 Å². The van der Waals surface area contributed by atoms with Gasteiger partial charge in [-0.2, -0.15) is 0 Å². The summed E-state index contributed by atoms with van der Waals surface area (Å²) in [5.41, 5.74) is -1.19. The fourth-order valence-electron chi connectivity index (χ4n) is 1.86. The second-order valence-corrected chi connectivity index (χ2v) is 6.32. The average molecular weight is 256 g/mol. The molecule has 1 rings (SSSR count). The summed E-state index contributed by atoms with van der Waals surface area (Å²) in [4.78, 5) is 25.1. The van der Waals surface area contributed by atoms with Crippen molar-refractivity contribution in [1.29, 1.82) is 0 Å². The molecule has 1 aliphatic heterocycles. The van der Waals surface area contributed by atoms with E-state index >= 15 is 0 Å². The monoisotopic (exact) mass is 256 g/mol. The van der Waals surface area contributed by atoms with Crippen molar-refractivity contribution in [2.75, 3.05) is 19.6 Å². The van der Waals surface area contributed by atoms with Gasteiger partial charge in [0.05, 0.1) is 5.60 Å². The minimum atomic E-state index is -0.760. The lowest BCUT2D eigenvalue weighted by Crippen LogP contribution is -2.39. The normalized spacial score (nSPS) is 24.2. The first-order chi connectivity index (χ1) is 8.12. The van der Waals surface area contributed by atoms with Gasteiger partial charge in [0.15, 0.2) is 0 Å². The summed E-state index contributed by atoms with van der Waals surface area (Å²) in [7, 11) is 0. The maximum Gasteiger partial charge on any atom is 0.225 e. The van der Waals surface area contributed by atoms with Gasteiger partial charge >= 0.3 is 0 Å². The van der Waals surface area contributed by atoms with Crippen molar-refractivity contribution >= 4 is 11.8 Å². The lowest BCUT2D eigenvalue weighted by molar-refractivity contribution is -0.131. The average Bonchev–Trinajstić information content (AvgIpc) is 2.57. The van der Waals surface area contributed by atoms with Crippen LogP contribution in [0.25, 0.3) is 0 Å². The molecule has 5 heteroatoms. The number of carbonyl (C=O) groups is 2. The zero-order valence-corrected chi connectivity index (χ0v) is 11.7. The van der Waals surface area contributed by atoms with Crippen LogP contribution in [0.5, 0.6) is 0 Å². The standard InChI is InChI=1S/C13H24N2O3/c1-12(2,3)11(17)14-7-5-10(16)15-8-6-13(4,18)9-15/h18H,5-9H2,1-4H3,(H,14,17). The number of nitrogens with zero attached hydrogens (tertiary/aromatic N) is 1. The van der Waals surface area contributed by atoms with Gasteiger partial charge in [-0.05, 0) is 13.3 Å². The molecule has 0 aromatic carbocycles. The zero-order valence-electron chi connectivity index (χ0n) is 11.7. The van der Waals surface area contributed by atoms with Crippen LogP contribution in [0.4, 0.5) is 0 Å². The largest absolute Gasteiger partial charge is 0.388 e. The van der Waals surface area contributed by atoms with Crippen molar-refractivity contribution in [3.63, 3.8) is 0 Å². The van der Waals surface area contributed by atoms with Crippen LogP contribution < -0.4 is 5.32 Å². The number of β-amino-alcohol motifs (C(OH)–C–C–N with tert-alkyl or cyclic N) is 1. The highest BCUT2D eigenvalue weighted by Crippen LogP contribution is 2.20. The molecule has 104 valence electrons. The highest BCUT2D eigenvalue weighted by atomic mass is 16.3. The predicted molar refractivity (Wildman–Crippen MR) is 68.9 cm³/mol. The van der Waals surface area contributed by atoms with Crippen LogP contribution in [0, 0.1) is 5.41 Å². The van der Waals surface area contributed by atoms with Gasteiger partial charge in [-0.3, -0.25) is 9.59 Å². The number of nitrogens with one attached hydrogen (secondary N) is 1. The summed E-state index contributed by atoms with van der Waals surface area (Å²) in [5.74, 6) is -0.0642. The van der Waals surface area contributed by atoms with Crippen LogP contribution in [0.1, 0.15) is 40.5 Å². The van der Waals surface area contributed by atoms with Crippen molar-refractivity contribution in [2.24, 2.45) is 5.41 Å². The molecule has 1 unspecified atom stereocenters. The molecule has 0 aliphatic carbocycles. The minimum Gasteiger partial charge on any atom is -0.388 e. The molecule has 1 heterocycles. The minimum absolute atomic E-state index is 0.0121. The zero-order chi connectivity index (χ0) is 14.0. The van der Waals surface area contributed by atoms with Gasteiger partial charge in [-0.15, -0.1) is 0 Å². The van der Waals surface area contributed by atoms with Crippen LogP contribution in [-0.4, -0.2) is 47.1 Å². The molecule has 0 aromatic rings. The summed E-state index contributed by atoms with van der Waals surface area (Å²) in [6.07, 6.45) is 0.908. The van der Waals surface area contributed by atoms with Crippen LogP contribution in [-0.2, 0) is 9.59 Å². The summed E-state index contributed by atoms with van der Waals surface area (Å²) < 4.78 is 0. The lowest BCUT2D eigenvalue weighted by atomic mass is 9.96. The first-order valence-electron chi connectivity index (χ1n) is 6.40. The Bertz CT molecular complexity index is 332. The van der Waals surface area contributed by atoms with E-state index in [0.29, 0.717) is 26.1 Å². The SMILES string of the molecule is CC1(O)CCN(C(=O)CCNC(=O)C(C)(C)C)C1. The van der Waals surface area contributed by atoms with E-state index in [1.807, 2.05) is 20.8 Å². The third-order valence-electron chi connectivity index (χ3n) is 3.11. The van der Waals surface area contributed by atoms with Gasteiger partial charge in [-0.1, -0.05) is 20.8 Å². The Morgan fingerprint density at radius 1 is 1.39 bits per heavy atom. The maximum absolute atomic E-state index is 11.8. The van der Waals surface area contributed by atoms with E-state index in [0.717, 1.165) is 0 Å². The van der Waals surface area contributed by atoms with Gasteiger partial charge in [0, 0.05) is 31.5 Å². The Morgan fingerprint density at radius 3 is 2.44 bits per heavy atom. The van der Waals surface area contributed by atoms with E-state index < -0.39 is 11.0 Å². The molecule has 0 bridgehead atoms. The highest BCUT2D eigenvalue weighted by molar-refractivity contribution is 5.82. The van der Waals surface area contributed by atoms with E-state index in [1.54, 1.807) is 11.8 Å². The first-order valence-corrected chi connectivity index (χ1v) is 6.40. The van der Waals surface area contributed by atoms with Crippen LogP contribution >= 0.6 is 0 Å². The van der Waals surface area contributed by atoms with Crippen LogP contribution in [0.15, 0.2) is 0 Å². The number of likely N-dealkylation sites (tertiary alicyclic amines) is 1. The molecule has 0 saturated carbocycles. The fraction of sp³-hybridized carbons (Fsp3) is 0.846. The number of carbonyl (C=O) groups excluding carboxylic acids is 2. The van der Waals surface area contributed by atoms with E-state index in [-0.39, 0.29) is 18.2 Å². The number of hydrogen-bond acceptors (Lipinski definition) is 3. The summed E-state index contributed by atoms with van der Waals surface area (Å²) in [6, 6.07) is 0. The molecule has 0 aromatic heterocycles. The molecular formula is C13H24N2O3. The van der Waals surface area contributed by atoms with E-state index in [9.17, 15) is 14.7 Å². The second kappa shape index (κ2) is 5.26. The van der Waals surface area contributed by atoms with Crippen molar-refractivity contribution in [1.82, 2.24) is 10.2 Å². The second-order valence-electron chi connectivity index (χ2n) is 6.32. The molecular weight excluding hydrogens is 232 g/mol. The van der Waals surface area contributed by atoms with Gasteiger partial charge in [-0.25, -0.2) is 0 Å². The summed E-state index contributed by atoms with van der Waals surface area (Å²) in [5, 5.41) is 12.5. The molecule has 0 radical (unpaired) electrons. The Hall–Kier alpha value is -1.10. The fourth-order valence-corrected chi connectivity index (χ4v) is 1.86. The van der Waals surface area contributed by atoms with Crippen molar-refractivity contribution < 1.29 is 14.7 Å². The van der Waals surface area contributed by atoms with Crippen molar-refractivity contribution in [3.8, 4) is 0 Å². The molecule has 18 heavy (non-hydrogen) atoms. The van der Waals surface area contributed by atoms with Crippen LogP contribution in [0.3, 0.4) is 0 Å². The van der Waals surface area contributed by atoms with Gasteiger partial charge in [0.25, 0.3) is 0 Å². The molecule has 1 aliphatic rings. The number of amides is 2.